The van der Waals surface area contributed by atoms with E-state index in [1.807, 2.05) is 28.0 Å². The molecule has 6 heteroatoms. The molecule has 0 radical (unpaired) electrons. The SMILES string of the molecule is COC(=O)CN1CCN(C(=O)c2cccc3c2CCCN3)CC1. The van der Waals surface area contributed by atoms with E-state index in [1.165, 1.54) is 7.11 Å². The number of piperazine rings is 1. The first kappa shape index (κ1) is 15.8. The number of anilines is 1. The summed E-state index contributed by atoms with van der Waals surface area (Å²) in [5.41, 5.74) is 3.04. The summed E-state index contributed by atoms with van der Waals surface area (Å²) in [6, 6.07) is 5.91. The summed E-state index contributed by atoms with van der Waals surface area (Å²) in [5, 5.41) is 3.37. The predicted molar refractivity (Wildman–Crippen MR) is 87.6 cm³/mol. The van der Waals surface area contributed by atoms with Crippen LogP contribution >= 0.6 is 0 Å². The lowest BCUT2D eigenvalue weighted by Gasteiger charge is -2.34. The van der Waals surface area contributed by atoms with Crippen LogP contribution in [-0.4, -0.2) is 68.1 Å². The van der Waals surface area contributed by atoms with E-state index in [0.717, 1.165) is 36.2 Å². The zero-order chi connectivity index (χ0) is 16.2. The first-order valence-corrected chi connectivity index (χ1v) is 8.13. The zero-order valence-corrected chi connectivity index (χ0v) is 13.5. The molecule has 2 aliphatic rings. The number of benzene rings is 1. The number of amides is 1. The second-order valence-corrected chi connectivity index (χ2v) is 6.01. The predicted octanol–water partition coefficient (Wildman–Crippen LogP) is 0.975. The quantitative estimate of drug-likeness (QED) is 0.842. The molecule has 3 rings (SSSR count). The normalized spacial score (nSPS) is 18.0. The van der Waals surface area contributed by atoms with E-state index in [-0.39, 0.29) is 11.9 Å². The fraction of sp³-hybridized carbons (Fsp3) is 0.529. The van der Waals surface area contributed by atoms with Crippen molar-refractivity contribution in [1.29, 1.82) is 0 Å². The Labute approximate surface area is 136 Å². The Morgan fingerprint density at radius 2 is 2.00 bits per heavy atom. The van der Waals surface area contributed by atoms with Crippen molar-refractivity contribution >= 4 is 17.6 Å². The number of hydrogen-bond acceptors (Lipinski definition) is 5. The second-order valence-electron chi connectivity index (χ2n) is 6.01. The Kier molecular flexibility index (Phi) is 4.81. The molecule has 0 bridgehead atoms. The molecule has 1 N–H and O–H groups in total. The maximum atomic E-state index is 12.8. The maximum absolute atomic E-state index is 12.8. The first-order valence-electron chi connectivity index (χ1n) is 8.13. The Hall–Kier alpha value is -2.08. The molecule has 1 amide bonds. The van der Waals surface area contributed by atoms with Crippen molar-refractivity contribution in [3.8, 4) is 0 Å². The van der Waals surface area contributed by atoms with E-state index < -0.39 is 0 Å². The van der Waals surface area contributed by atoms with Gasteiger partial charge in [-0.1, -0.05) is 6.07 Å². The molecule has 2 aliphatic heterocycles. The van der Waals surface area contributed by atoms with E-state index in [4.69, 9.17) is 4.74 Å². The average molecular weight is 317 g/mol. The molecule has 0 spiro atoms. The van der Waals surface area contributed by atoms with Crippen LogP contribution in [-0.2, 0) is 16.0 Å². The van der Waals surface area contributed by atoms with Crippen LogP contribution in [0.5, 0.6) is 0 Å². The maximum Gasteiger partial charge on any atom is 0.319 e. The van der Waals surface area contributed by atoms with E-state index in [9.17, 15) is 9.59 Å². The van der Waals surface area contributed by atoms with Gasteiger partial charge in [0.2, 0.25) is 0 Å². The van der Waals surface area contributed by atoms with Crippen molar-refractivity contribution < 1.29 is 14.3 Å². The second kappa shape index (κ2) is 7.00. The van der Waals surface area contributed by atoms with E-state index >= 15 is 0 Å². The molecule has 1 aromatic rings. The number of carbonyl (C=O) groups excluding carboxylic acids is 2. The molecule has 23 heavy (non-hydrogen) atoms. The molecule has 0 aromatic heterocycles. The van der Waals surface area contributed by atoms with Crippen molar-refractivity contribution in [2.24, 2.45) is 0 Å². The number of hydrogen-bond donors (Lipinski definition) is 1. The Morgan fingerprint density at radius 1 is 1.22 bits per heavy atom. The van der Waals surface area contributed by atoms with Crippen LogP contribution in [0.3, 0.4) is 0 Å². The highest BCUT2D eigenvalue weighted by atomic mass is 16.5. The van der Waals surface area contributed by atoms with Crippen molar-refractivity contribution in [3.63, 3.8) is 0 Å². The van der Waals surface area contributed by atoms with Gasteiger partial charge in [0, 0.05) is 44.0 Å². The van der Waals surface area contributed by atoms with Gasteiger partial charge in [-0.05, 0) is 30.5 Å². The fourth-order valence-corrected chi connectivity index (χ4v) is 3.24. The number of nitrogens with zero attached hydrogens (tertiary/aromatic N) is 2. The lowest BCUT2D eigenvalue weighted by atomic mass is 9.96. The van der Waals surface area contributed by atoms with Crippen LogP contribution < -0.4 is 5.32 Å². The van der Waals surface area contributed by atoms with Crippen molar-refractivity contribution in [3.05, 3.63) is 29.3 Å². The Balaban J connectivity index is 1.65. The van der Waals surface area contributed by atoms with Gasteiger partial charge in [-0.2, -0.15) is 0 Å². The third kappa shape index (κ3) is 3.47. The smallest absolute Gasteiger partial charge is 0.319 e. The minimum absolute atomic E-state index is 0.100. The number of methoxy groups -OCH3 is 1. The van der Waals surface area contributed by atoms with Crippen LogP contribution in [0.4, 0.5) is 5.69 Å². The summed E-state index contributed by atoms with van der Waals surface area (Å²) in [5.74, 6) is -0.128. The lowest BCUT2D eigenvalue weighted by molar-refractivity contribution is -0.142. The molecular formula is C17H23N3O3. The standard InChI is InChI=1S/C17H23N3O3/c1-23-16(21)12-19-8-10-20(11-9-19)17(22)14-4-2-6-15-13(14)5-3-7-18-15/h2,4,6,18H,3,5,7-12H2,1H3. The first-order chi connectivity index (χ1) is 11.2. The van der Waals surface area contributed by atoms with Gasteiger partial charge in [0.25, 0.3) is 5.91 Å². The Bertz CT molecular complexity index is 595. The third-order valence-corrected chi connectivity index (χ3v) is 4.57. The summed E-state index contributed by atoms with van der Waals surface area (Å²) in [6.07, 6.45) is 2.01. The van der Waals surface area contributed by atoms with E-state index in [0.29, 0.717) is 32.7 Å². The van der Waals surface area contributed by atoms with Gasteiger partial charge in [0.1, 0.15) is 0 Å². The molecule has 1 saturated heterocycles. The van der Waals surface area contributed by atoms with Crippen molar-refractivity contribution in [1.82, 2.24) is 9.80 Å². The van der Waals surface area contributed by atoms with E-state index in [1.54, 1.807) is 0 Å². The average Bonchev–Trinajstić information content (AvgIpc) is 2.61. The van der Waals surface area contributed by atoms with Crippen LogP contribution in [0.1, 0.15) is 22.3 Å². The van der Waals surface area contributed by atoms with Gasteiger partial charge in [-0.25, -0.2) is 0 Å². The van der Waals surface area contributed by atoms with Gasteiger partial charge in [0.15, 0.2) is 0 Å². The molecule has 0 atom stereocenters. The van der Waals surface area contributed by atoms with Gasteiger partial charge in [-0.15, -0.1) is 0 Å². The molecule has 0 unspecified atom stereocenters. The summed E-state index contributed by atoms with van der Waals surface area (Å²) >= 11 is 0. The number of esters is 1. The zero-order valence-electron chi connectivity index (χ0n) is 13.5. The van der Waals surface area contributed by atoms with Crippen molar-refractivity contribution in [2.75, 3.05) is 51.7 Å². The van der Waals surface area contributed by atoms with Crippen LogP contribution in [0, 0.1) is 0 Å². The molecule has 2 heterocycles. The monoisotopic (exact) mass is 317 g/mol. The van der Waals surface area contributed by atoms with E-state index in [2.05, 4.69) is 5.32 Å². The van der Waals surface area contributed by atoms with Gasteiger partial charge in [0.05, 0.1) is 13.7 Å². The summed E-state index contributed by atoms with van der Waals surface area (Å²) in [7, 11) is 1.40. The third-order valence-electron chi connectivity index (χ3n) is 4.57. The number of nitrogens with one attached hydrogen (secondary N) is 1. The number of carbonyl (C=O) groups is 2. The minimum Gasteiger partial charge on any atom is -0.468 e. The number of rotatable bonds is 3. The van der Waals surface area contributed by atoms with Gasteiger partial charge < -0.3 is 15.0 Å². The molecule has 0 saturated carbocycles. The highest BCUT2D eigenvalue weighted by molar-refractivity contribution is 5.97. The molecule has 124 valence electrons. The molecule has 0 aliphatic carbocycles. The van der Waals surface area contributed by atoms with Crippen molar-refractivity contribution in [2.45, 2.75) is 12.8 Å². The summed E-state index contributed by atoms with van der Waals surface area (Å²) < 4.78 is 4.69. The van der Waals surface area contributed by atoms with Crippen LogP contribution in [0.2, 0.25) is 0 Å². The largest absolute Gasteiger partial charge is 0.468 e. The lowest BCUT2D eigenvalue weighted by Crippen LogP contribution is -2.50. The highest BCUT2D eigenvalue weighted by Crippen LogP contribution is 2.26. The Morgan fingerprint density at radius 3 is 2.74 bits per heavy atom. The summed E-state index contributed by atoms with van der Waals surface area (Å²) in [6.45, 7) is 3.96. The minimum atomic E-state index is -0.229. The summed E-state index contributed by atoms with van der Waals surface area (Å²) in [4.78, 5) is 28.1. The van der Waals surface area contributed by atoms with Gasteiger partial charge >= 0.3 is 5.97 Å². The molecular weight excluding hydrogens is 294 g/mol. The van der Waals surface area contributed by atoms with Crippen LogP contribution in [0.15, 0.2) is 18.2 Å². The van der Waals surface area contributed by atoms with Crippen LogP contribution in [0.25, 0.3) is 0 Å². The molecule has 1 fully saturated rings. The highest BCUT2D eigenvalue weighted by Gasteiger charge is 2.26. The number of ether oxygens (including phenoxy) is 1. The number of fused-ring (bicyclic) bond motifs is 1. The molecule has 1 aromatic carbocycles. The van der Waals surface area contributed by atoms with Gasteiger partial charge in [-0.3, -0.25) is 14.5 Å². The molecule has 6 nitrogen and oxygen atoms in total. The topological polar surface area (TPSA) is 61.9 Å². The fourth-order valence-electron chi connectivity index (χ4n) is 3.24.